The summed E-state index contributed by atoms with van der Waals surface area (Å²) < 4.78 is 0.751. The van der Waals surface area contributed by atoms with Crippen LogP contribution in [-0.4, -0.2) is 70.2 Å². The quantitative estimate of drug-likeness (QED) is 0.736. The van der Waals surface area contributed by atoms with Crippen LogP contribution < -0.4 is 10.2 Å². The van der Waals surface area contributed by atoms with Crippen LogP contribution in [0.5, 0.6) is 0 Å². The number of hydrogen-bond donors (Lipinski definition) is 2. The number of nitrogens with zero attached hydrogens (tertiary/aromatic N) is 5. The van der Waals surface area contributed by atoms with E-state index in [0.29, 0.717) is 12.2 Å². The number of H-pyrrole nitrogens is 1. The topological polar surface area (TPSA) is 90.0 Å². The molecule has 1 aliphatic heterocycles. The number of carbonyl (C=O) groups excluding carboxylic acids is 1. The van der Waals surface area contributed by atoms with Gasteiger partial charge in [-0.15, -0.1) is 0 Å². The van der Waals surface area contributed by atoms with Gasteiger partial charge in [0.05, 0.1) is 10.2 Å². The fraction of sp³-hybridized carbons (Fsp3) is 0.529. The Morgan fingerprint density at radius 3 is 2.58 bits per heavy atom. The van der Waals surface area contributed by atoms with Gasteiger partial charge in [-0.2, -0.15) is 5.10 Å². The Balaban J connectivity index is 1.42. The number of rotatable bonds is 6. The van der Waals surface area contributed by atoms with Gasteiger partial charge < -0.3 is 10.2 Å². The molecule has 0 bridgehead atoms. The molecule has 9 heteroatoms. The van der Waals surface area contributed by atoms with Crippen molar-refractivity contribution in [2.24, 2.45) is 0 Å². The normalized spacial score (nSPS) is 15.5. The number of nitrogens with one attached hydrogen (secondary N) is 2. The standard InChI is InChI=1S/C17H24BrN7O/c1-12(2)14-13(18)15(23-22-14)16(26)19-6-7-24-8-10-25(11-9-24)17-20-4-3-5-21-17/h3-5,12H,6-11H2,1-2H3,(H,19,26)(H,22,23). The van der Waals surface area contributed by atoms with Gasteiger partial charge in [-0.25, -0.2) is 9.97 Å². The van der Waals surface area contributed by atoms with E-state index >= 15 is 0 Å². The summed E-state index contributed by atoms with van der Waals surface area (Å²) in [6.45, 7) is 9.15. The van der Waals surface area contributed by atoms with E-state index in [4.69, 9.17) is 0 Å². The minimum atomic E-state index is -0.156. The number of halogens is 1. The molecule has 0 aliphatic carbocycles. The molecule has 0 radical (unpaired) electrons. The zero-order valence-corrected chi connectivity index (χ0v) is 16.7. The molecule has 0 unspecified atom stereocenters. The van der Waals surface area contributed by atoms with Crippen molar-refractivity contribution in [2.75, 3.05) is 44.2 Å². The van der Waals surface area contributed by atoms with Gasteiger partial charge in [-0.05, 0) is 27.9 Å². The minimum absolute atomic E-state index is 0.156. The lowest BCUT2D eigenvalue weighted by Gasteiger charge is -2.34. The Bertz CT molecular complexity index is 726. The molecule has 1 amide bonds. The van der Waals surface area contributed by atoms with Gasteiger partial charge in [0.25, 0.3) is 5.91 Å². The summed E-state index contributed by atoms with van der Waals surface area (Å²) in [6, 6.07) is 1.82. The molecule has 8 nitrogen and oxygen atoms in total. The summed E-state index contributed by atoms with van der Waals surface area (Å²) in [5.74, 6) is 0.907. The maximum atomic E-state index is 12.3. The molecule has 1 saturated heterocycles. The van der Waals surface area contributed by atoms with Crippen molar-refractivity contribution >= 4 is 27.8 Å². The molecule has 0 saturated carbocycles. The first kappa shape index (κ1) is 18.8. The number of anilines is 1. The monoisotopic (exact) mass is 421 g/mol. The number of aromatic amines is 1. The number of aromatic nitrogens is 4. The van der Waals surface area contributed by atoms with Gasteiger partial charge in [0.1, 0.15) is 0 Å². The first-order valence-corrected chi connectivity index (χ1v) is 9.62. The molecule has 1 aliphatic rings. The Hall–Kier alpha value is -2.00. The summed E-state index contributed by atoms with van der Waals surface area (Å²) in [5.41, 5.74) is 1.36. The van der Waals surface area contributed by atoms with Crippen LogP contribution in [0.2, 0.25) is 0 Å². The molecule has 2 N–H and O–H groups in total. The molecule has 2 aromatic heterocycles. The van der Waals surface area contributed by atoms with Crippen LogP contribution in [0.3, 0.4) is 0 Å². The second kappa shape index (κ2) is 8.59. The highest BCUT2D eigenvalue weighted by atomic mass is 79.9. The molecule has 1 fully saturated rings. The van der Waals surface area contributed by atoms with Gasteiger partial charge in [-0.1, -0.05) is 13.8 Å². The highest BCUT2D eigenvalue weighted by molar-refractivity contribution is 9.10. The average Bonchev–Trinajstić information content (AvgIpc) is 3.05. The van der Waals surface area contributed by atoms with Crippen molar-refractivity contribution < 1.29 is 4.79 Å². The van der Waals surface area contributed by atoms with Crippen LogP contribution >= 0.6 is 15.9 Å². The molecule has 0 spiro atoms. The van der Waals surface area contributed by atoms with E-state index in [1.807, 2.05) is 6.07 Å². The molecule has 3 rings (SSSR count). The largest absolute Gasteiger partial charge is 0.349 e. The van der Waals surface area contributed by atoms with Gasteiger partial charge in [0.2, 0.25) is 5.95 Å². The summed E-state index contributed by atoms with van der Waals surface area (Å²) in [6.07, 6.45) is 3.53. The summed E-state index contributed by atoms with van der Waals surface area (Å²) in [5, 5.41) is 10.0. The van der Waals surface area contributed by atoms with Crippen LogP contribution in [-0.2, 0) is 0 Å². The zero-order chi connectivity index (χ0) is 18.5. The van der Waals surface area contributed by atoms with Gasteiger partial charge in [0, 0.05) is 51.7 Å². The number of piperazine rings is 1. The highest BCUT2D eigenvalue weighted by Gasteiger charge is 2.21. The van der Waals surface area contributed by atoms with Gasteiger partial charge in [-0.3, -0.25) is 14.8 Å². The van der Waals surface area contributed by atoms with Crippen LogP contribution in [0.4, 0.5) is 5.95 Å². The van der Waals surface area contributed by atoms with Crippen LogP contribution in [0.15, 0.2) is 22.9 Å². The van der Waals surface area contributed by atoms with Crippen molar-refractivity contribution in [1.82, 2.24) is 30.4 Å². The number of carbonyl (C=O) groups is 1. The summed E-state index contributed by atoms with van der Waals surface area (Å²) >= 11 is 3.47. The lowest BCUT2D eigenvalue weighted by Crippen LogP contribution is -2.49. The van der Waals surface area contributed by atoms with E-state index in [9.17, 15) is 4.79 Å². The van der Waals surface area contributed by atoms with Crippen molar-refractivity contribution in [3.8, 4) is 0 Å². The summed E-state index contributed by atoms with van der Waals surface area (Å²) in [7, 11) is 0. The fourth-order valence-corrected chi connectivity index (χ4v) is 3.73. The van der Waals surface area contributed by atoms with E-state index in [2.05, 4.69) is 65.1 Å². The van der Waals surface area contributed by atoms with Gasteiger partial charge in [0.15, 0.2) is 5.69 Å². The third-order valence-corrected chi connectivity index (χ3v) is 5.25. The first-order chi connectivity index (χ1) is 12.6. The predicted octanol–water partition coefficient (Wildman–Crippen LogP) is 1.64. The highest BCUT2D eigenvalue weighted by Crippen LogP contribution is 2.25. The van der Waals surface area contributed by atoms with Crippen molar-refractivity contribution in [3.63, 3.8) is 0 Å². The van der Waals surface area contributed by atoms with E-state index in [-0.39, 0.29) is 11.8 Å². The lowest BCUT2D eigenvalue weighted by molar-refractivity contribution is 0.0942. The molecular weight excluding hydrogens is 398 g/mol. The second-order valence-corrected chi connectivity index (χ2v) is 7.38. The van der Waals surface area contributed by atoms with Crippen LogP contribution in [0.25, 0.3) is 0 Å². The Kier molecular flexibility index (Phi) is 6.20. The van der Waals surface area contributed by atoms with Crippen molar-refractivity contribution in [3.05, 3.63) is 34.3 Å². The number of amides is 1. The molecule has 0 atom stereocenters. The molecule has 3 heterocycles. The third-order valence-electron chi connectivity index (χ3n) is 4.45. The maximum Gasteiger partial charge on any atom is 0.273 e. The lowest BCUT2D eigenvalue weighted by atomic mass is 10.1. The fourth-order valence-electron chi connectivity index (χ4n) is 2.91. The second-order valence-electron chi connectivity index (χ2n) is 6.59. The predicted molar refractivity (Wildman–Crippen MR) is 103 cm³/mol. The van der Waals surface area contributed by atoms with Crippen LogP contribution in [0.1, 0.15) is 35.9 Å². The molecule has 0 aromatic carbocycles. The molecular formula is C17H24BrN7O. The Labute approximate surface area is 161 Å². The maximum absolute atomic E-state index is 12.3. The number of hydrogen-bond acceptors (Lipinski definition) is 6. The zero-order valence-electron chi connectivity index (χ0n) is 15.1. The van der Waals surface area contributed by atoms with Gasteiger partial charge >= 0.3 is 0 Å². The van der Waals surface area contributed by atoms with Crippen molar-refractivity contribution in [2.45, 2.75) is 19.8 Å². The average molecular weight is 422 g/mol. The van der Waals surface area contributed by atoms with E-state index in [1.165, 1.54) is 0 Å². The molecule has 2 aromatic rings. The minimum Gasteiger partial charge on any atom is -0.349 e. The van der Waals surface area contributed by atoms with E-state index in [0.717, 1.165) is 48.8 Å². The van der Waals surface area contributed by atoms with E-state index in [1.54, 1.807) is 12.4 Å². The smallest absolute Gasteiger partial charge is 0.273 e. The van der Waals surface area contributed by atoms with Crippen LogP contribution in [0, 0.1) is 0 Å². The SMILES string of the molecule is CC(C)c1[nH]nc(C(=O)NCCN2CCN(c3ncccn3)CC2)c1Br. The van der Waals surface area contributed by atoms with Crippen molar-refractivity contribution in [1.29, 1.82) is 0 Å². The third kappa shape index (κ3) is 4.39. The Morgan fingerprint density at radius 2 is 1.96 bits per heavy atom. The first-order valence-electron chi connectivity index (χ1n) is 8.82. The van der Waals surface area contributed by atoms with E-state index < -0.39 is 0 Å². The Morgan fingerprint density at radius 1 is 1.27 bits per heavy atom. The summed E-state index contributed by atoms with van der Waals surface area (Å²) in [4.78, 5) is 25.4. The molecule has 26 heavy (non-hydrogen) atoms. The molecule has 140 valence electrons.